The van der Waals surface area contributed by atoms with Crippen LogP contribution >= 0.6 is 23.1 Å². The molecule has 0 radical (unpaired) electrons. The van der Waals surface area contributed by atoms with Gasteiger partial charge >= 0.3 is 0 Å². The number of carbonyl (C=O) groups excluding carboxylic acids is 1. The third-order valence-electron chi connectivity index (χ3n) is 4.89. The van der Waals surface area contributed by atoms with Gasteiger partial charge in [0, 0.05) is 10.6 Å². The number of nitrogens with two attached hydrogens (primary N) is 1. The predicted octanol–water partition coefficient (Wildman–Crippen LogP) is 2.77. The van der Waals surface area contributed by atoms with E-state index in [1.54, 1.807) is 7.11 Å². The number of thiophene rings is 1. The first-order chi connectivity index (χ1) is 15.1. The first-order valence-electron chi connectivity index (χ1n) is 9.63. The Balaban J connectivity index is 1.31. The van der Waals surface area contributed by atoms with Crippen molar-refractivity contribution in [3.63, 3.8) is 0 Å². The third-order valence-corrected chi connectivity index (χ3v) is 7.04. The minimum Gasteiger partial charge on any atom is -0.497 e. The van der Waals surface area contributed by atoms with Crippen molar-refractivity contribution in [3.8, 4) is 11.8 Å². The van der Waals surface area contributed by atoms with Gasteiger partial charge in [0.25, 0.3) is 0 Å². The van der Waals surface area contributed by atoms with Gasteiger partial charge in [0.05, 0.1) is 25.0 Å². The molecule has 0 saturated carbocycles. The summed E-state index contributed by atoms with van der Waals surface area (Å²) in [5, 5.41) is 24.8. The Hall–Kier alpha value is -3.23. The molecule has 2 aromatic heterocycles. The standard InChI is InChI=1S/C20H21N7O2S2/c1-29-13-7-5-12(6-8-13)23-10-17-25-26-20(27(17)22)30-11-18(28)24-19-15(9-21)14-3-2-4-16(14)31-19/h5-8,23H,2-4,10-11,22H2,1H3,(H,24,28). The number of nitrogens with zero attached hydrogens (tertiary/aromatic N) is 4. The lowest BCUT2D eigenvalue weighted by atomic mass is 10.1. The van der Waals surface area contributed by atoms with E-state index in [1.165, 1.54) is 32.7 Å². The second kappa shape index (κ2) is 9.28. The summed E-state index contributed by atoms with van der Waals surface area (Å²) in [6.45, 7) is 0.384. The highest BCUT2D eigenvalue weighted by Gasteiger charge is 2.23. The molecule has 11 heteroatoms. The molecule has 9 nitrogen and oxygen atoms in total. The van der Waals surface area contributed by atoms with Crippen LogP contribution in [-0.4, -0.2) is 33.6 Å². The molecule has 4 rings (SSSR count). The Morgan fingerprint density at radius 2 is 2.16 bits per heavy atom. The fraction of sp³-hybridized carbons (Fsp3) is 0.300. The fourth-order valence-corrected chi connectivity index (χ4v) is 5.25. The minimum atomic E-state index is -0.206. The first-order valence-corrected chi connectivity index (χ1v) is 11.4. The lowest BCUT2D eigenvalue weighted by Crippen LogP contribution is -2.18. The van der Waals surface area contributed by atoms with Gasteiger partial charge in [-0.15, -0.1) is 21.5 Å². The molecule has 0 fully saturated rings. The molecule has 3 aromatic rings. The van der Waals surface area contributed by atoms with Crippen molar-refractivity contribution < 1.29 is 9.53 Å². The van der Waals surface area contributed by atoms with E-state index in [1.807, 2.05) is 24.3 Å². The van der Waals surface area contributed by atoms with Crippen molar-refractivity contribution in [1.82, 2.24) is 14.9 Å². The van der Waals surface area contributed by atoms with Crippen LogP contribution in [0.15, 0.2) is 29.4 Å². The van der Waals surface area contributed by atoms with Crippen LogP contribution in [0.3, 0.4) is 0 Å². The number of aromatic nitrogens is 3. The summed E-state index contributed by atoms with van der Waals surface area (Å²) < 4.78 is 6.51. The largest absolute Gasteiger partial charge is 0.497 e. The molecule has 0 spiro atoms. The highest BCUT2D eigenvalue weighted by molar-refractivity contribution is 7.99. The van der Waals surface area contributed by atoms with Gasteiger partial charge in [-0.05, 0) is 49.1 Å². The Morgan fingerprint density at radius 3 is 2.90 bits per heavy atom. The third kappa shape index (κ3) is 4.60. The summed E-state index contributed by atoms with van der Waals surface area (Å²) in [5.74, 6) is 7.32. The van der Waals surface area contributed by atoms with Gasteiger partial charge in [0.1, 0.15) is 16.8 Å². The molecule has 0 unspecified atom stereocenters. The number of anilines is 2. The van der Waals surface area contributed by atoms with Gasteiger partial charge in [-0.3, -0.25) is 4.79 Å². The average Bonchev–Trinajstić information content (AvgIpc) is 3.46. The number of benzene rings is 1. The molecule has 0 bridgehead atoms. The van der Waals surface area contributed by atoms with Gasteiger partial charge in [-0.2, -0.15) is 5.26 Å². The molecule has 31 heavy (non-hydrogen) atoms. The number of rotatable bonds is 8. The number of thioether (sulfide) groups is 1. The Bertz CT molecular complexity index is 1130. The summed E-state index contributed by atoms with van der Waals surface area (Å²) in [7, 11) is 1.62. The number of nitriles is 1. The zero-order valence-corrected chi connectivity index (χ0v) is 18.5. The summed E-state index contributed by atoms with van der Waals surface area (Å²) >= 11 is 2.70. The highest BCUT2D eigenvalue weighted by Crippen LogP contribution is 2.38. The van der Waals surface area contributed by atoms with Gasteiger partial charge in [-0.25, -0.2) is 4.68 Å². The van der Waals surface area contributed by atoms with Crippen molar-refractivity contribution in [2.45, 2.75) is 31.0 Å². The molecule has 1 amide bonds. The van der Waals surface area contributed by atoms with Crippen molar-refractivity contribution in [2.24, 2.45) is 0 Å². The van der Waals surface area contributed by atoms with Gasteiger partial charge in [-0.1, -0.05) is 11.8 Å². The molecule has 2 heterocycles. The zero-order chi connectivity index (χ0) is 21.8. The predicted molar refractivity (Wildman–Crippen MR) is 121 cm³/mol. The van der Waals surface area contributed by atoms with E-state index in [0.717, 1.165) is 36.3 Å². The Labute approximate surface area is 187 Å². The summed E-state index contributed by atoms with van der Waals surface area (Å²) in [6.07, 6.45) is 2.95. The fourth-order valence-electron chi connectivity index (χ4n) is 3.32. The summed E-state index contributed by atoms with van der Waals surface area (Å²) in [6, 6.07) is 9.73. The number of carbonyl (C=O) groups is 1. The van der Waals surface area contributed by atoms with Crippen LogP contribution < -0.4 is 21.2 Å². The zero-order valence-electron chi connectivity index (χ0n) is 16.8. The molecular formula is C20H21N7O2S2. The quantitative estimate of drug-likeness (QED) is 0.349. The molecule has 0 atom stereocenters. The van der Waals surface area contributed by atoms with Crippen molar-refractivity contribution in [1.29, 1.82) is 5.26 Å². The smallest absolute Gasteiger partial charge is 0.235 e. The number of aryl methyl sites for hydroxylation is 1. The number of hydrogen-bond donors (Lipinski definition) is 3. The number of nitrogens with one attached hydrogen (secondary N) is 2. The number of fused-ring (bicyclic) bond motifs is 1. The van der Waals surface area contributed by atoms with Crippen LogP contribution in [0.2, 0.25) is 0 Å². The van der Waals surface area contributed by atoms with Gasteiger partial charge in [0.15, 0.2) is 5.82 Å². The van der Waals surface area contributed by atoms with Crippen LogP contribution in [0.5, 0.6) is 5.75 Å². The topological polar surface area (TPSA) is 131 Å². The van der Waals surface area contributed by atoms with Crippen LogP contribution in [0.25, 0.3) is 0 Å². The van der Waals surface area contributed by atoms with E-state index in [2.05, 4.69) is 26.9 Å². The maximum Gasteiger partial charge on any atom is 0.235 e. The number of hydrogen-bond acceptors (Lipinski definition) is 9. The average molecular weight is 456 g/mol. The molecule has 1 aromatic carbocycles. The van der Waals surface area contributed by atoms with Crippen molar-refractivity contribution >= 4 is 39.7 Å². The number of amides is 1. The maximum atomic E-state index is 12.4. The molecule has 0 aliphatic heterocycles. The highest BCUT2D eigenvalue weighted by atomic mass is 32.2. The second-order valence-corrected chi connectivity index (χ2v) is 8.91. The summed E-state index contributed by atoms with van der Waals surface area (Å²) in [5.41, 5.74) is 2.59. The van der Waals surface area contributed by atoms with E-state index >= 15 is 0 Å². The van der Waals surface area contributed by atoms with Crippen LogP contribution in [0.1, 0.15) is 28.2 Å². The molecule has 1 aliphatic carbocycles. The monoisotopic (exact) mass is 455 g/mol. The lowest BCUT2D eigenvalue weighted by molar-refractivity contribution is -0.113. The Kier molecular flexibility index (Phi) is 6.29. The molecule has 160 valence electrons. The van der Waals surface area contributed by atoms with E-state index in [9.17, 15) is 10.1 Å². The SMILES string of the molecule is COc1ccc(NCc2nnc(SCC(=O)Nc3sc4c(c3C#N)CCC4)n2N)cc1. The van der Waals surface area contributed by atoms with E-state index < -0.39 is 0 Å². The van der Waals surface area contributed by atoms with Crippen LogP contribution in [0.4, 0.5) is 10.7 Å². The number of nitrogen functional groups attached to an aromatic ring is 1. The van der Waals surface area contributed by atoms with Gasteiger partial charge in [0.2, 0.25) is 11.1 Å². The minimum absolute atomic E-state index is 0.120. The van der Waals surface area contributed by atoms with E-state index in [-0.39, 0.29) is 11.7 Å². The summed E-state index contributed by atoms with van der Waals surface area (Å²) in [4.78, 5) is 13.6. The molecular weight excluding hydrogens is 434 g/mol. The Morgan fingerprint density at radius 1 is 1.35 bits per heavy atom. The first kappa shape index (κ1) is 21.0. The molecule has 0 saturated heterocycles. The van der Waals surface area contributed by atoms with Crippen molar-refractivity contribution in [3.05, 3.63) is 46.1 Å². The van der Waals surface area contributed by atoms with Crippen LogP contribution in [0, 0.1) is 11.3 Å². The second-order valence-electron chi connectivity index (χ2n) is 6.86. The van der Waals surface area contributed by atoms with E-state index in [0.29, 0.717) is 28.1 Å². The normalized spacial score (nSPS) is 12.3. The van der Waals surface area contributed by atoms with Gasteiger partial charge < -0.3 is 21.2 Å². The van der Waals surface area contributed by atoms with E-state index in [4.69, 9.17) is 10.6 Å². The number of ether oxygens (including phenoxy) is 1. The molecule has 4 N–H and O–H groups in total. The maximum absolute atomic E-state index is 12.4. The van der Waals surface area contributed by atoms with Crippen LogP contribution in [-0.2, 0) is 24.2 Å². The molecule has 1 aliphatic rings. The number of methoxy groups -OCH3 is 1. The van der Waals surface area contributed by atoms with Crippen molar-refractivity contribution in [2.75, 3.05) is 29.3 Å². The lowest BCUT2D eigenvalue weighted by Gasteiger charge is -2.07.